The molecule has 1 aliphatic heterocycles. The smallest absolute Gasteiger partial charge is 0.407 e. The standard InChI is InChI=1S/C5H7N7O2/c6-10-8-3-1-12(5(13)14)2-4(3)9-11-7/h3-4H,1-2H2,(H,13,14). The van der Waals surface area contributed by atoms with Gasteiger partial charge >= 0.3 is 6.09 Å². The van der Waals surface area contributed by atoms with Crippen LogP contribution in [0, 0.1) is 0 Å². The van der Waals surface area contributed by atoms with E-state index in [0.717, 1.165) is 4.90 Å². The van der Waals surface area contributed by atoms with Crippen LogP contribution in [0.1, 0.15) is 0 Å². The minimum atomic E-state index is -1.11. The van der Waals surface area contributed by atoms with E-state index in [1.807, 2.05) is 0 Å². The summed E-state index contributed by atoms with van der Waals surface area (Å²) in [5.74, 6) is 0. The summed E-state index contributed by atoms with van der Waals surface area (Å²) in [5, 5.41) is 15.4. The van der Waals surface area contributed by atoms with E-state index in [9.17, 15) is 4.79 Å². The minimum Gasteiger partial charge on any atom is -0.465 e. The number of nitrogens with zero attached hydrogens (tertiary/aromatic N) is 7. The molecule has 1 amide bonds. The Morgan fingerprint density at radius 3 is 2.00 bits per heavy atom. The molecule has 2 atom stereocenters. The minimum absolute atomic E-state index is 0.0725. The van der Waals surface area contributed by atoms with Gasteiger partial charge in [0.2, 0.25) is 0 Å². The third-order valence-corrected chi connectivity index (χ3v) is 1.93. The van der Waals surface area contributed by atoms with Crippen molar-refractivity contribution in [2.45, 2.75) is 12.1 Å². The van der Waals surface area contributed by atoms with Crippen LogP contribution in [0.5, 0.6) is 0 Å². The highest BCUT2D eigenvalue weighted by molar-refractivity contribution is 5.65. The molecular weight excluding hydrogens is 190 g/mol. The molecule has 1 N–H and O–H groups in total. The van der Waals surface area contributed by atoms with E-state index in [-0.39, 0.29) is 13.1 Å². The molecule has 0 aromatic rings. The van der Waals surface area contributed by atoms with Gasteiger partial charge in [0.25, 0.3) is 0 Å². The second-order valence-corrected chi connectivity index (χ2v) is 2.73. The fourth-order valence-electron chi connectivity index (χ4n) is 1.29. The molecule has 0 aromatic heterocycles. The lowest BCUT2D eigenvalue weighted by Gasteiger charge is -2.08. The number of azide groups is 2. The van der Waals surface area contributed by atoms with Gasteiger partial charge in [-0.15, -0.1) is 0 Å². The Morgan fingerprint density at radius 2 is 1.71 bits per heavy atom. The molecule has 0 aliphatic carbocycles. The van der Waals surface area contributed by atoms with Gasteiger partial charge < -0.3 is 10.0 Å². The lowest BCUT2D eigenvalue weighted by atomic mass is 10.2. The van der Waals surface area contributed by atoms with E-state index >= 15 is 0 Å². The van der Waals surface area contributed by atoms with E-state index in [0.29, 0.717) is 0 Å². The SMILES string of the molecule is [N-]=[N+]=NC1CN(C(=O)O)CC1N=[N+]=[N-]. The highest BCUT2D eigenvalue weighted by Crippen LogP contribution is 2.17. The molecule has 1 aliphatic rings. The van der Waals surface area contributed by atoms with E-state index in [2.05, 4.69) is 20.1 Å². The van der Waals surface area contributed by atoms with Crippen molar-refractivity contribution in [3.63, 3.8) is 0 Å². The van der Waals surface area contributed by atoms with Crippen LogP contribution >= 0.6 is 0 Å². The van der Waals surface area contributed by atoms with Crippen LogP contribution in [0.3, 0.4) is 0 Å². The quantitative estimate of drug-likeness (QED) is 0.405. The van der Waals surface area contributed by atoms with Crippen LogP contribution in [0.4, 0.5) is 4.79 Å². The molecule has 1 heterocycles. The van der Waals surface area contributed by atoms with Gasteiger partial charge in [-0.05, 0) is 11.1 Å². The number of amides is 1. The highest BCUT2D eigenvalue weighted by atomic mass is 16.4. The molecule has 9 heteroatoms. The summed E-state index contributed by atoms with van der Waals surface area (Å²) in [6.07, 6.45) is -1.11. The van der Waals surface area contributed by atoms with Crippen molar-refractivity contribution in [3.8, 4) is 0 Å². The van der Waals surface area contributed by atoms with Crippen LogP contribution in [0.25, 0.3) is 20.9 Å². The highest BCUT2D eigenvalue weighted by Gasteiger charge is 2.33. The second kappa shape index (κ2) is 4.22. The maximum absolute atomic E-state index is 10.6. The van der Waals surface area contributed by atoms with Gasteiger partial charge in [0.05, 0.1) is 12.1 Å². The first-order chi connectivity index (χ1) is 6.69. The van der Waals surface area contributed by atoms with Crippen LogP contribution in [-0.4, -0.2) is 41.3 Å². The van der Waals surface area contributed by atoms with Gasteiger partial charge in [0.15, 0.2) is 0 Å². The van der Waals surface area contributed by atoms with Crippen molar-refractivity contribution in [1.82, 2.24) is 4.90 Å². The molecule has 14 heavy (non-hydrogen) atoms. The second-order valence-electron chi connectivity index (χ2n) is 2.73. The summed E-state index contributed by atoms with van der Waals surface area (Å²) in [6, 6.07) is -1.21. The average Bonchev–Trinajstić information content (AvgIpc) is 2.50. The Labute approximate surface area is 78.2 Å². The van der Waals surface area contributed by atoms with Crippen molar-refractivity contribution in [2.24, 2.45) is 10.2 Å². The predicted molar refractivity (Wildman–Crippen MR) is 45.5 cm³/mol. The Kier molecular flexibility index (Phi) is 3.01. The number of hydrogen-bond donors (Lipinski definition) is 1. The zero-order chi connectivity index (χ0) is 10.6. The molecule has 1 fully saturated rings. The van der Waals surface area contributed by atoms with Crippen molar-refractivity contribution in [2.75, 3.05) is 13.1 Å². The number of carbonyl (C=O) groups is 1. The molecule has 0 aromatic carbocycles. The third-order valence-electron chi connectivity index (χ3n) is 1.93. The van der Waals surface area contributed by atoms with E-state index < -0.39 is 18.2 Å². The molecule has 0 saturated carbocycles. The molecule has 1 saturated heterocycles. The zero-order valence-electron chi connectivity index (χ0n) is 7.05. The van der Waals surface area contributed by atoms with Crippen molar-refractivity contribution in [3.05, 3.63) is 20.9 Å². The average molecular weight is 197 g/mol. The molecular formula is C5H7N7O2. The van der Waals surface area contributed by atoms with Gasteiger partial charge in [-0.1, -0.05) is 10.2 Å². The Bertz CT molecular complexity index is 303. The first kappa shape index (κ1) is 9.97. The third kappa shape index (κ3) is 1.98. The number of likely N-dealkylation sites (tertiary alicyclic amines) is 1. The van der Waals surface area contributed by atoms with Gasteiger partial charge in [-0.25, -0.2) is 4.79 Å². The fourth-order valence-corrected chi connectivity index (χ4v) is 1.29. The van der Waals surface area contributed by atoms with Crippen molar-refractivity contribution >= 4 is 6.09 Å². The summed E-state index contributed by atoms with van der Waals surface area (Å²) in [5.41, 5.74) is 16.4. The fraction of sp³-hybridized carbons (Fsp3) is 0.800. The van der Waals surface area contributed by atoms with Crippen LogP contribution in [0.2, 0.25) is 0 Å². The molecule has 9 nitrogen and oxygen atoms in total. The number of rotatable bonds is 2. The lowest BCUT2D eigenvalue weighted by Crippen LogP contribution is -2.27. The van der Waals surface area contributed by atoms with E-state index in [1.54, 1.807) is 0 Å². The van der Waals surface area contributed by atoms with Gasteiger partial charge in [0.1, 0.15) is 0 Å². The Hall–Kier alpha value is -2.11. The molecule has 0 radical (unpaired) electrons. The normalized spacial score (nSPS) is 25.0. The van der Waals surface area contributed by atoms with Gasteiger partial charge in [0, 0.05) is 22.9 Å². The maximum atomic E-state index is 10.6. The molecule has 1 rings (SSSR count). The summed E-state index contributed by atoms with van der Waals surface area (Å²) in [6.45, 7) is 0.145. The summed E-state index contributed by atoms with van der Waals surface area (Å²) >= 11 is 0. The molecule has 74 valence electrons. The summed E-state index contributed by atoms with van der Waals surface area (Å²) in [4.78, 5) is 16.7. The van der Waals surface area contributed by atoms with Gasteiger partial charge in [-0.3, -0.25) is 0 Å². The number of carboxylic acid groups (broad SMARTS) is 1. The van der Waals surface area contributed by atoms with Crippen molar-refractivity contribution in [1.29, 1.82) is 0 Å². The largest absolute Gasteiger partial charge is 0.465 e. The van der Waals surface area contributed by atoms with Crippen LogP contribution in [0.15, 0.2) is 10.2 Å². The Morgan fingerprint density at radius 1 is 1.29 bits per heavy atom. The van der Waals surface area contributed by atoms with Crippen LogP contribution < -0.4 is 0 Å². The molecule has 2 unspecified atom stereocenters. The summed E-state index contributed by atoms with van der Waals surface area (Å²) in [7, 11) is 0. The first-order valence-corrected chi connectivity index (χ1v) is 3.75. The Balaban J connectivity index is 2.79. The topological polar surface area (TPSA) is 138 Å². The maximum Gasteiger partial charge on any atom is 0.407 e. The molecule has 0 bridgehead atoms. The lowest BCUT2D eigenvalue weighted by molar-refractivity contribution is 0.155. The van der Waals surface area contributed by atoms with Crippen molar-refractivity contribution < 1.29 is 9.90 Å². The zero-order valence-corrected chi connectivity index (χ0v) is 7.05. The van der Waals surface area contributed by atoms with E-state index in [1.165, 1.54) is 0 Å². The first-order valence-electron chi connectivity index (χ1n) is 3.75. The molecule has 0 spiro atoms. The van der Waals surface area contributed by atoms with E-state index in [4.69, 9.17) is 16.2 Å². The monoisotopic (exact) mass is 197 g/mol. The summed E-state index contributed by atoms with van der Waals surface area (Å²) < 4.78 is 0. The van der Waals surface area contributed by atoms with Gasteiger partial charge in [-0.2, -0.15) is 0 Å². The van der Waals surface area contributed by atoms with Crippen LogP contribution in [-0.2, 0) is 0 Å². The number of hydrogen-bond acceptors (Lipinski definition) is 3. The predicted octanol–water partition coefficient (Wildman–Crippen LogP) is 1.34.